The van der Waals surface area contributed by atoms with Gasteiger partial charge in [-0.05, 0) is 44.6 Å². The molecule has 3 atom stereocenters. The zero-order valence-electron chi connectivity index (χ0n) is 13.6. The summed E-state index contributed by atoms with van der Waals surface area (Å²) in [4.78, 5) is 14.9. The van der Waals surface area contributed by atoms with Crippen molar-refractivity contribution in [3.05, 3.63) is 0 Å². The first-order valence-corrected chi connectivity index (χ1v) is 8.55. The van der Waals surface area contributed by atoms with Gasteiger partial charge in [-0.15, -0.1) is 24.8 Å². The second kappa shape index (κ2) is 9.31. The van der Waals surface area contributed by atoms with Gasteiger partial charge in [0.2, 0.25) is 5.91 Å². The minimum Gasteiger partial charge on any atom is -0.352 e. The molecule has 2 N–H and O–H groups in total. The van der Waals surface area contributed by atoms with Gasteiger partial charge in [-0.25, -0.2) is 0 Å². The molecule has 3 unspecified atom stereocenters. The fraction of sp³-hybridized carbons (Fsp3) is 0.938. The third-order valence-corrected chi connectivity index (χ3v) is 5.56. The van der Waals surface area contributed by atoms with Crippen LogP contribution in [0, 0.1) is 5.92 Å². The Morgan fingerprint density at radius 1 is 1.14 bits per heavy atom. The van der Waals surface area contributed by atoms with Gasteiger partial charge in [0.25, 0.3) is 0 Å². The van der Waals surface area contributed by atoms with Crippen molar-refractivity contribution in [2.45, 2.75) is 70.0 Å². The van der Waals surface area contributed by atoms with Crippen molar-refractivity contribution in [1.82, 2.24) is 15.5 Å². The Hall–Kier alpha value is -0.0300. The van der Waals surface area contributed by atoms with Crippen LogP contribution in [-0.4, -0.2) is 48.6 Å². The highest BCUT2D eigenvalue weighted by molar-refractivity contribution is 5.85. The average molecular weight is 352 g/mol. The topological polar surface area (TPSA) is 44.4 Å². The molecule has 4 nitrogen and oxygen atoms in total. The van der Waals surface area contributed by atoms with Crippen LogP contribution in [0.15, 0.2) is 0 Å². The van der Waals surface area contributed by atoms with Gasteiger partial charge < -0.3 is 15.5 Å². The van der Waals surface area contributed by atoms with Crippen LogP contribution in [0.2, 0.25) is 0 Å². The zero-order valence-corrected chi connectivity index (χ0v) is 15.2. The Labute approximate surface area is 147 Å². The van der Waals surface area contributed by atoms with Crippen molar-refractivity contribution >= 4 is 30.7 Å². The SMILES string of the molecule is CCN1CCC(NC(=O)C2CC3CCCCC3N2)CC1.Cl.Cl. The molecule has 0 aromatic heterocycles. The second-order valence-corrected chi connectivity index (χ2v) is 6.82. The lowest BCUT2D eigenvalue weighted by molar-refractivity contribution is -0.123. The molecule has 1 aliphatic carbocycles. The molecule has 2 aliphatic heterocycles. The van der Waals surface area contributed by atoms with Gasteiger partial charge in [0.1, 0.15) is 0 Å². The normalized spacial score (nSPS) is 32.5. The molecule has 3 fully saturated rings. The van der Waals surface area contributed by atoms with Crippen molar-refractivity contribution < 1.29 is 4.79 Å². The maximum absolute atomic E-state index is 12.4. The van der Waals surface area contributed by atoms with Crippen molar-refractivity contribution in [1.29, 1.82) is 0 Å². The highest BCUT2D eigenvalue weighted by Gasteiger charge is 2.38. The molecular weight excluding hydrogens is 321 g/mol. The van der Waals surface area contributed by atoms with E-state index < -0.39 is 0 Å². The molecule has 0 spiro atoms. The zero-order chi connectivity index (χ0) is 13.9. The summed E-state index contributed by atoms with van der Waals surface area (Å²) in [6, 6.07) is 1.09. The van der Waals surface area contributed by atoms with Crippen LogP contribution < -0.4 is 10.6 Å². The molecule has 0 bridgehead atoms. The largest absolute Gasteiger partial charge is 0.352 e. The van der Waals surface area contributed by atoms with Gasteiger partial charge in [0, 0.05) is 25.2 Å². The quantitative estimate of drug-likeness (QED) is 0.820. The Balaban J connectivity index is 0.00000121. The molecular formula is C16H31Cl2N3O. The predicted molar refractivity (Wildman–Crippen MR) is 95.1 cm³/mol. The number of likely N-dealkylation sites (tertiary alicyclic amines) is 1. The molecule has 0 radical (unpaired) electrons. The van der Waals surface area contributed by atoms with Crippen LogP contribution in [-0.2, 0) is 4.79 Å². The maximum Gasteiger partial charge on any atom is 0.237 e. The minimum atomic E-state index is 0. The van der Waals surface area contributed by atoms with E-state index in [1.54, 1.807) is 0 Å². The summed E-state index contributed by atoms with van der Waals surface area (Å²) in [7, 11) is 0. The molecule has 1 amide bonds. The molecule has 130 valence electrons. The lowest BCUT2D eigenvalue weighted by atomic mass is 9.85. The first kappa shape index (κ1) is 20.0. The number of carbonyl (C=O) groups is 1. The van der Waals surface area contributed by atoms with E-state index in [0.717, 1.165) is 44.8 Å². The van der Waals surface area contributed by atoms with Gasteiger partial charge in [-0.3, -0.25) is 4.79 Å². The van der Waals surface area contributed by atoms with E-state index in [1.165, 1.54) is 25.7 Å². The monoisotopic (exact) mass is 351 g/mol. The highest BCUT2D eigenvalue weighted by Crippen LogP contribution is 2.33. The third kappa shape index (κ3) is 4.73. The summed E-state index contributed by atoms with van der Waals surface area (Å²) < 4.78 is 0. The number of nitrogens with zero attached hydrogens (tertiary/aromatic N) is 1. The standard InChI is InChI=1S/C16H29N3O.2ClH/c1-2-19-9-7-13(8-10-19)17-16(20)15-11-12-5-3-4-6-14(12)18-15;;/h12-15,18H,2-11H2,1H3,(H,17,20);2*1H. The summed E-state index contributed by atoms with van der Waals surface area (Å²) in [5.74, 6) is 1.01. The average Bonchev–Trinajstić information content (AvgIpc) is 2.92. The third-order valence-electron chi connectivity index (χ3n) is 5.56. The second-order valence-electron chi connectivity index (χ2n) is 6.82. The van der Waals surface area contributed by atoms with Crippen molar-refractivity contribution in [3.8, 4) is 0 Å². The van der Waals surface area contributed by atoms with E-state index in [-0.39, 0.29) is 36.8 Å². The van der Waals surface area contributed by atoms with Crippen LogP contribution in [0.1, 0.15) is 51.9 Å². The maximum atomic E-state index is 12.4. The molecule has 22 heavy (non-hydrogen) atoms. The van der Waals surface area contributed by atoms with Gasteiger partial charge in [0.15, 0.2) is 0 Å². The fourth-order valence-electron chi connectivity index (χ4n) is 4.22. The molecule has 6 heteroatoms. The summed E-state index contributed by atoms with van der Waals surface area (Å²) in [6.07, 6.45) is 8.55. The lowest BCUT2D eigenvalue weighted by Gasteiger charge is -2.32. The number of hydrogen-bond donors (Lipinski definition) is 2. The fourth-order valence-corrected chi connectivity index (χ4v) is 4.22. The molecule has 0 aromatic rings. The first-order valence-electron chi connectivity index (χ1n) is 8.55. The number of rotatable bonds is 3. The van der Waals surface area contributed by atoms with Crippen LogP contribution in [0.3, 0.4) is 0 Å². The van der Waals surface area contributed by atoms with E-state index in [0.29, 0.717) is 12.1 Å². The molecule has 3 rings (SSSR count). The molecule has 3 aliphatic rings. The molecule has 2 saturated heterocycles. The van der Waals surface area contributed by atoms with Crippen molar-refractivity contribution in [2.24, 2.45) is 5.92 Å². The number of nitrogens with one attached hydrogen (secondary N) is 2. The van der Waals surface area contributed by atoms with E-state index in [4.69, 9.17) is 0 Å². The summed E-state index contributed by atoms with van der Waals surface area (Å²) in [6.45, 7) is 5.60. The summed E-state index contributed by atoms with van der Waals surface area (Å²) in [5, 5.41) is 6.87. The van der Waals surface area contributed by atoms with Crippen LogP contribution in [0.4, 0.5) is 0 Å². The Bertz CT molecular complexity index is 334. The van der Waals surface area contributed by atoms with E-state index in [1.807, 2.05) is 0 Å². The van der Waals surface area contributed by atoms with Crippen LogP contribution in [0.25, 0.3) is 0 Å². The van der Waals surface area contributed by atoms with Gasteiger partial charge in [0.05, 0.1) is 6.04 Å². The van der Waals surface area contributed by atoms with Crippen LogP contribution >= 0.6 is 24.8 Å². The Morgan fingerprint density at radius 2 is 1.82 bits per heavy atom. The van der Waals surface area contributed by atoms with Crippen molar-refractivity contribution in [3.63, 3.8) is 0 Å². The summed E-state index contributed by atoms with van der Waals surface area (Å²) >= 11 is 0. The predicted octanol–water partition coefficient (Wildman–Crippen LogP) is 2.35. The van der Waals surface area contributed by atoms with E-state index in [2.05, 4.69) is 22.5 Å². The Morgan fingerprint density at radius 3 is 2.45 bits per heavy atom. The number of piperidine rings is 1. The van der Waals surface area contributed by atoms with Gasteiger partial charge >= 0.3 is 0 Å². The van der Waals surface area contributed by atoms with Gasteiger partial charge in [-0.1, -0.05) is 19.8 Å². The smallest absolute Gasteiger partial charge is 0.237 e. The number of amides is 1. The molecule has 1 saturated carbocycles. The number of hydrogen-bond acceptors (Lipinski definition) is 3. The highest BCUT2D eigenvalue weighted by atomic mass is 35.5. The molecule has 0 aromatic carbocycles. The number of carbonyl (C=O) groups excluding carboxylic acids is 1. The van der Waals surface area contributed by atoms with Crippen LogP contribution in [0.5, 0.6) is 0 Å². The molecule has 2 heterocycles. The van der Waals surface area contributed by atoms with E-state index >= 15 is 0 Å². The number of halogens is 2. The first-order chi connectivity index (χ1) is 9.76. The Kier molecular flexibility index (Phi) is 8.47. The van der Waals surface area contributed by atoms with Gasteiger partial charge in [-0.2, -0.15) is 0 Å². The summed E-state index contributed by atoms with van der Waals surface area (Å²) in [5.41, 5.74) is 0. The lowest BCUT2D eigenvalue weighted by Crippen LogP contribution is -2.50. The minimum absolute atomic E-state index is 0. The van der Waals surface area contributed by atoms with Crippen molar-refractivity contribution in [2.75, 3.05) is 19.6 Å². The van der Waals surface area contributed by atoms with E-state index in [9.17, 15) is 4.79 Å². The number of fused-ring (bicyclic) bond motifs is 1.